The number of nitrogens with one attached hydrogen (secondary N) is 1. The molecular formula is C28H42N2O3. The van der Waals surface area contributed by atoms with Gasteiger partial charge in [0.05, 0.1) is 12.3 Å². The molecule has 0 saturated heterocycles. The molecule has 0 spiro atoms. The van der Waals surface area contributed by atoms with E-state index < -0.39 is 6.09 Å². The van der Waals surface area contributed by atoms with E-state index >= 15 is 0 Å². The van der Waals surface area contributed by atoms with Crippen molar-refractivity contribution in [3.8, 4) is 0 Å². The van der Waals surface area contributed by atoms with Crippen molar-refractivity contribution in [2.24, 2.45) is 45.0 Å². The Morgan fingerprint density at radius 2 is 1.91 bits per heavy atom. The molecule has 0 aromatic rings. The maximum atomic E-state index is 13.2. The van der Waals surface area contributed by atoms with Crippen molar-refractivity contribution in [1.82, 2.24) is 5.43 Å². The summed E-state index contributed by atoms with van der Waals surface area (Å²) in [6, 6.07) is 0. The highest BCUT2D eigenvalue weighted by Gasteiger charge is 2.69. The van der Waals surface area contributed by atoms with Gasteiger partial charge in [0.1, 0.15) is 5.78 Å². The first-order valence-corrected chi connectivity index (χ1v) is 13.5. The van der Waals surface area contributed by atoms with Gasteiger partial charge in [0.2, 0.25) is 0 Å². The minimum atomic E-state index is -0.478. The molecule has 0 heterocycles. The number of ether oxygens (including phenoxy) is 1. The predicted molar refractivity (Wildman–Crippen MR) is 130 cm³/mol. The second-order valence-corrected chi connectivity index (χ2v) is 12.1. The number of carbonyl (C=O) groups excluding carboxylic acids is 2. The molecule has 0 radical (unpaired) electrons. The van der Waals surface area contributed by atoms with E-state index in [1.54, 1.807) is 6.92 Å². The number of hydrogen-bond acceptors (Lipinski definition) is 4. The number of Topliss-reactive ketones (excluding diaryl/α,β-unsaturated/α-hetero) is 1. The van der Waals surface area contributed by atoms with Crippen LogP contribution in [0.1, 0.15) is 98.3 Å². The Kier molecular flexibility index (Phi) is 5.77. The third kappa shape index (κ3) is 3.27. The molecule has 4 saturated carbocycles. The standard InChI is InChI=1S/C28H42N2O3/c1-5-33-25(32)30-29-21-11-14-26(3)19(16-21)9-10-22-23(26)12-15-27(4)24(22)17-20-8-6-7-13-28(20,27)18(2)31/h16,20,22-24H,5-15,17H2,1-4H3,(H,30,32)/b29-21-/t20-,22+,23+,24+,26+,27+,28+/m1/s1. The summed E-state index contributed by atoms with van der Waals surface area (Å²) in [7, 11) is 0. The molecule has 7 atom stereocenters. The molecule has 0 bridgehead atoms. The number of fused-ring (bicyclic) bond motifs is 7. The van der Waals surface area contributed by atoms with Gasteiger partial charge in [-0.15, -0.1) is 0 Å². The lowest BCUT2D eigenvalue weighted by molar-refractivity contribution is -0.147. The zero-order valence-electron chi connectivity index (χ0n) is 21.0. The zero-order chi connectivity index (χ0) is 23.4. The first-order valence-electron chi connectivity index (χ1n) is 13.5. The summed E-state index contributed by atoms with van der Waals surface area (Å²) < 4.78 is 4.94. The van der Waals surface area contributed by atoms with E-state index in [0.717, 1.165) is 37.3 Å². The Labute approximate surface area is 199 Å². The third-order valence-electron chi connectivity index (χ3n) is 11.2. The van der Waals surface area contributed by atoms with Crippen molar-refractivity contribution < 1.29 is 14.3 Å². The van der Waals surface area contributed by atoms with Crippen LogP contribution in [0.5, 0.6) is 0 Å². The highest BCUT2D eigenvalue weighted by atomic mass is 16.5. The summed E-state index contributed by atoms with van der Waals surface area (Å²) in [5.74, 6) is 3.25. The van der Waals surface area contributed by atoms with Crippen LogP contribution in [0.3, 0.4) is 0 Å². The molecule has 1 N–H and O–H groups in total. The van der Waals surface area contributed by atoms with Crippen molar-refractivity contribution >= 4 is 17.6 Å². The van der Waals surface area contributed by atoms with E-state index in [0.29, 0.717) is 30.1 Å². The van der Waals surface area contributed by atoms with Gasteiger partial charge in [0, 0.05) is 5.41 Å². The summed E-state index contributed by atoms with van der Waals surface area (Å²) in [4.78, 5) is 24.9. The molecule has 5 aliphatic carbocycles. The molecule has 0 aromatic carbocycles. The smallest absolute Gasteiger partial charge is 0.427 e. The zero-order valence-corrected chi connectivity index (χ0v) is 21.0. The number of ketones is 1. The van der Waals surface area contributed by atoms with Gasteiger partial charge in [-0.05, 0) is 112 Å². The predicted octanol–water partition coefficient (Wildman–Crippen LogP) is 6.43. The number of carbonyl (C=O) groups is 2. The van der Waals surface area contributed by atoms with Crippen LogP contribution < -0.4 is 5.43 Å². The Hall–Kier alpha value is -1.65. The third-order valence-corrected chi connectivity index (χ3v) is 11.2. The average molecular weight is 455 g/mol. The van der Waals surface area contributed by atoms with E-state index in [9.17, 15) is 9.59 Å². The van der Waals surface area contributed by atoms with Crippen molar-refractivity contribution in [1.29, 1.82) is 0 Å². The molecule has 1 amide bonds. The second kappa shape index (κ2) is 8.23. The Bertz CT molecular complexity index is 894. The quantitative estimate of drug-likeness (QED) is 0.500. The lowest BCUT2D eigenvalue weighted by Gasteiger charge is -2.60. The van der Waals surface area contributed by atoms with Crippen molar-refractivity contribution in [2.75, 3.05) is 6.61 Å². The summed E-state index contributed by atoms with van der Waals surface area (Å²) in [5, 5.41) is 4.35. The summed E-state index contributed by atoms with van der Waals surface area (Å²) >= 11 is 0. The van der Waals surface area contributed by atoms with Crippen LogP contribution in [0.15, 0.2) is 16.8 Å². The molecule has 182 valence electrons. The topological polar surface area (TPSA) is 67.8 Å². The lowest BCUT2D eigenvalue weighted by atomic mass is 9.44. The summed E-state index contributed by atoms with van der Waals surface area (Å²) in [6.45, 7) is 9.07. The van der Waals surface area contributed by atoms with Crippen LogP contribution in [0, 0.1) is 39.9 Å². The van der Waals surface area contributed by atoms with Gasteiger partial charge in [-0.3, -0.25) is 4.79 Å². The minimum absolute atomic E-state index is 0.0525. The van der Waals surface area contributed by atoms with Gasteiger partial charge in [-0.2, -0.15) is 5.10 Å². The Balaban J connectivity index is 1.40. The number of nitrogens with zero attached hydrogens (tertiary/aromatic N) is 1. The fraction of sp³-hybridized carbons (Fsp3) is 0.821. The Morgan fingerprint density at radius 1 is 1.09 bits per heavy atom. The van der Waals surface area contributed by atoms with Crippen LogP contribution >= 0.6 is 0 Å². The van der Waals surface area contributed by atoms with Crippen molar-refractivity contribution in [3.05, 3.63) is 11.6 Å². The number of hydrogen-bond donors (Lipinski definition) is 1. The van der Waals surface area contributed by atoms with Gasteiger partial charge in [0.25, 0.3) is 0 Å². The van der Waals surface area contributed by atoms with Crippen LogP contribution in [-0.2, 0) is 9.53 Å². The van der Waals surface area contributed by atoms with Gasteiger partial charge in [-0.1, -0.05) is 32.3 Å². The Morgan fingerprint density at radius 3 is 2.67 bits per heavy atom. The fourth-order valence-corrected chi connectivity index (χ4v) is 9.74. The first kappa shape index (κ1) is 23.1. The maximum absolute atomic E-state index is 13.2. The molecule has 5 nitrogen and oxygen atoms in total. The number of rotatable bonds is 3. The van der Waals surface area contributed by atoms with Gasteiger partial charge in [-0.25, -0.2) is 10.2 Å². The molecule has 4 fully saturated rings. The highest BCUT2D eigenvalue weighted by Crippen LogP contribution is 2.74. The van der Waals surface area contributed by atoms with Crippen LogP contribution in [0.2, 0.25) is 0 Å². The lowest BCUT2D eigenvalue weighted by Crippen LogP contribution is -2.55. The van der Waals surface area contributed by atoms with Gasteiger partial charge >= 0.3 is 6.09 Å². The fourth-order valence-electron chi connectivity index (χ4n) is 9.74. The molecular weight excluding hydrogens is 412 g/mol. The molecule has 5 heteroatoms. The molecule has 5 rings (SSSR count). The van der Waals surface area contributed by atoms with Gasteiger partial charge < -0.3 is 4.74 Å². The largest absolute Gasteiger partial charge is 0.449 e. The molecule has 0 aromatic heterocycles. The normalized spacial score (nSPS) is 45.2. The minimum Gasteiger partial charge on any atom is -0.449 e. The van der Waals surface area contributed by atoms with E-state index in [1.165, 1.54) is 50.5 Å². The van der Waals surface area contributed by atoms with Crippen molar-refractivity contribution in [3.63, 3.8) is 0 Å². The highest BCUT2D eigenvalue weighted by molar-refractivity contribution is 5.97. The first-order chi connectivity index (χ1) is 15.8. The number of hydrazone groups is 1. The van der Waals surface area contributed by atoms with Crippen molar-refractivity contribution in [2.45, 2.75) is 98.3 Å². The summed E-state index contributed by atoms with van der Waals surface area (Å²) in [5.41, 5.74) is 5.41. The molecule has 0 unspecified atom stereocenters. The van der Waals surface area contributed by atoms with E-state index in [1.807, 2.05) is 6.92 Å². The monoisotopic (exact) mass is 454 g/mol. The van der Waals surface area contributed by atoms with E-state index in [4.69, 9.17) is 4.74 Å². The maximum Gasteiger partial charge on any atom is 0.427 e. The molecule has 5 aliphatic rings. The average Bonchev–Trinajstić information content (AvgIpc) is 3.08. The van der Waals surface area contributed by atoms with Crippen LogP contribution in [0.4, 0.5) is 4.79 Å². The van der Waals surface area contributed by atoms with Crippen LogP contribution in [-0.4, -0.2) is 24.2 Å². The molecule has 33 heavy (non-hydrogen) atoms. The number of allylic oxidation sites excluding steroid dienone is 2. The van der Waals surface area contributed by atoms with E-state index in [-0.39, 0.29) is 16.2 Å². The summed E-state index contributed by atoms with van der Waals surface area (Å²) in [6.07, 6.45) is 14.8. The molecule has 0 aliphatic heterocycles. The number of amides is 1. The van der Waals surface area contributed by atoms with E-state index in [2.05, 4.69) is 30.5 Å². The van der Waals surface area contributed by atoms with Gasteiger partial charge in [0.15, 0.2) is 0 Å². The SMILES string of the molecule is CCOC(=O)N/N=C1\C=C2CC[C@H]3[C@H](CC[C@@]4(C)[C@H]3C[C@H]3CCCC[C@]34C(C)=O)[C@@]2(C)CC1. The van der Waals surface area contributed by atoms with Crippen LogP contribution in [0.25, 0.3) is 0 Å². The second-order valence-electron chi connectivity index (χ2n) is 12.1.